The van der Waals surface area contributed by atoms with Crippen LogP contribution >= 0.6 is 15.9 Å². The number of hydrogen-bond acceptors (Lipinski definition) is 4. The lowest BCUT2D eigenvalue weighted by Crippen LogP contribution is -2.40. The number of carbonyl (C=O) groups is 1. The number of nitrogens with one attached hydrogen (secondary N) is 1. The molecule has 1 atom stereocenters. The summed E-state index contributed by atoms with van der Waals surface area (Å²) >= 11 is 3.41. The lowest BCUT2D eigenvalue weighted by molar-refractivity contribution is -0.129. The maximum atomic E-state index is 10.9. The summed E-state index contributed by atoms with van der Waals surface area (Å²) in [5, 5.41) is 20.9. The summed E-state index contributed by atoms with van der Waals surface area (Å²) < 4.78 is 2.99. The third-order valence-corrected chi connectivity index (χ3v) is 4.52. The first-order valence-corrected chi connectivity index (χ1v) is 8.04. The Kier molecular flexibility index (Phi) is 5.52. The van der Waals surface area contributed by atoms with Gasteiger partial charge in [-0.15, -0.1) is 0 Å². The molecular formula is C14H21BrN4O2. The van der Waals surface area contributed by atoms with Gasteiger partial charge in [0.1, 0.15) is 5.71 Å². The first-order valence-electron chi connectivity index (χ1n) is 7.25. The van der Waals surface area contributed by atoms with Crippen LogP contribution in [0.25, 0.3) is 0 Å². The highest BCUT2D eigenvalue weighted by atomic mass is 79.9. The predicted molar refractivity (Wildman–Crippen MR) is 83.8 cm³/mol. The van der Waals surface area contributed by atoms with Crippen molar-refractivity contribution in [2.24, 2.45) is 5.92 Å². The number of aliphatic carboxylic acids is 1. The fraction of sp³-hybridized carbons (Fsp3) is 0.643. The standard InChI is InChI=1S/C14H21BrN4O2/c1-2-10(13(16)14(20)21)8-18-5-3-12(4-6-18)19-9-11(15)7-17-19/h7,9-10,12,16H,2-6,8H2,1H3,(H,20,21)/t10-/m0/s1. The van der Waals surface area contributed by atoms with Crippen molar-refractivity contribution in [3.8, 4) is 0 Å². The van der Waals surface area contributed by atoms with E-state index < -0.39 is 5.97 Å². The molecule has 2 rings (SSSR count). The topological polar surface area (TPSA) is 82.2 Å². The molecule has 0 aromatic carbocycles. The maximum absolute atomic E-state index is 10.9. The molecule has 21 heavy (non-hydrogen) atoms. The molecule has 1 aliphatic heterocycles. The molecule has 1 aromatic heterocycles. The third-order valence-electron chi connectivity index (χ3n) is 4.11. The van der Waals surface area contributed by atoms with Gasteiger partial charge in [0.2, 0.25) is 0 Å². The number of carboxylic acid groups (broad SMARTS) is 1. The Hall–Kier alpha value is -1.21. The second-order valence-electron chi connectivity index (χ2n) is 5.49. The zero-order chi connectivity index (χ0) is 15.4. The minimum atomic E-state index is -1.10. The summed E-state index contributed by atoms with van der Waals surface area (Å²) in [7, 11) is 0. The average molecular weight is 357 g/mol. The van der Waals surface area contributed by atoms with E-state index >= 15 is 0 Å². The Morgan fingerprint density at radius 3 is 2.71 bits per heavy atom. The Balaban J connectivity index is 1.86. The van der Waals surface area contributed by atoms with Gasteiger partial charge in [0.05, 0.1) is 16.7 Å². The van der Waals surface area contributed by atoms with Gasteiger partial charge in [-0.2, -0.15) is 5.10 Å². The van der Waals surface area contributed by atoms with Gasteiger partial charge in [-0.3, -0.25) is 10.1 Å². The molecule has 7 heteroatoms. The van der Waals surface area contributed by atoms with Crippen LogP contribution in [0.1, 0.15) is 32.2 Å². The number of halogens is 1. The lowest BCUT2D eigenvalue weighted by Gasteiger charge is -2.33. The van der Waals surface area contributed by atoms with Crippen LogP contribution in [0.2, 0.25) is 0 Å². The van der Waals surface area contributed by atoms with E-state index in [2.05, 4.69) is 25.9 Å². The summed E-state index contributed by atoms with van der Waals surface area (Å²) in [4.78, 5) is 13.2. The number of carboxylic acids is 1. The molecule has 0 saturated carbocycles. The van der Waals surface area contributed by atoms with Crippen LogP contribution in [-0.2, 0) is 4.79 Å². The van der Waals surface area contributed by atoms with Gasteiger partial charge in [-0.05, 0) is 35.2 Å². The molecule has 116 valence electrons. The number of piperidine rings is 1. The van der Waals surface area contributed by atoms with E-state index in [0.717, 1.165) is 30.4 Å². The summed E-state index contributed by atoms with van der Waals surface area (Å²) in [5.74, 6) is -1.28. The van der Waals surface area contributed by atoms with Gasteiger partial charge in [0.25, 0.3) is 0 Å². The summed E-state index contributed by atoms with van der Waals surface area (Å²) in [6.07, 6.45) is 6.50. The normalized spacial score (nSPS) is 18.6. The molecule has 1 aliphatic rings. The smallest absolute Gasteiger partial charge is 0.349 e. The van der Waals surface area contributed by atoms with Crippen molar-refractivity contribution in [2.75, 3.05) is 19.6 Å². The van der Waals surface area contributed by atoms with Crippen LogP contribution < -0.4 is 0 Å². The van der Waals surface area contributed by atoms with E-state index in [1.54, 1.807) is 6.20 Å². The Morgan fingerprint density at radius 1 is 1.57 bits per heavy atom. The van der Waals surface area contributed by atoms with E-state index in [1.807, 2.05) is 17.8 Å². The Morgan fingerprint density at radius 2 is 2.24 bits per heavy atom. The third kappa shape index (κ3) is 4.14. The van der Waals surface area contributed by atoms with Gasteiger partial charge < -0.3 is 10.0 Å². The fourth-order valence-corrected chi connectivity index (χ4v) is 3.09. The van der Waals surface area contributed by atoms with E-state index in [0.29, 0.717) is 19.0 Å². The second-order valence-corrected chi connectivity index (χ2v) is 6.41. The van der Waals surface area contributed by atoms with E-state index in [9.17, 15) is 4.79 Å². The van der Waals surface area contributed by atoms with Gasteiger partial charge in [0, 0.05) is 31.7 Å². The van der Waals surface area contributed by atoms with Gasteiger partial charge in [-0.1, -0.05) is 6.92 Å². The van der Waals surface area contributed by atoms with Gasteiger partial charge in [0.15, 0.2) is 0 Å². The van der Waals surface area contributed by atoms with Gasteiger partial charge >= 0.3 is 5.97 Å². The van der Waals surface area contributed by atoms with E-state index in [-0.39, 0.29) is 11.6 Å². The Labute approximate surface area is 132 Å². The number of aromatic nitrogens is 2. The molecule has 0 radical (unpaired) electrons. The van der Waals surface area contributed by atoms with Crippen molar-refractivity contribution in [1.82, 2.24) is 14.7 Å². The number of rotatable bonds is 6. The minimum absolute atomic E-state index is 0.171. The van der Waals surface area contributed by atoms with Gasteiger partial charge in [-0.25, -0.2) is 4.79 Å². The van der Waals surface area contributed by atoms with Crippen molar-refractivity contribution < 1.29 is 9.90 Å². The molecule has 0 spiro atoms. The molecule has 2 N–H and O–H groups in total. The molecule has 1 saturated heterocycles. The molecular weight excluding hydrogens is 336 g/mol. The fourth-order valence-electron chi connectivity index (χ4n) is 2.79. The largest absolute Gasteiger partial charge is 0.477 e. The molecule has 0 bridgehead atoms. The van der Waals surface area contributed by atoms with Crippen LogP contribution in [-0.4, -0.2) is 51.1 Å². The zero-order valence-corrected chi connectivity index (χ0v) is 13.7. The summed E-state index contributed by atoms with van der Waals surface area (Å²) in [6, 6.07) is 0.409. The van der Waals surface area contributed by atoms with E-state index in [1.165, 1.54) is 0 Å². The number of hydrogen-bond donors (Lipinski definition) is 2. The molecule has 1 aromatic rings. The number of likely N-dealkylation sites (tertiary alicyclic amines) is 1. The minimum Gasteiger partial charge on any atom is -0.477 e. The molecule has 0 aliphatic carbocycles. The first kappa shape index (κ1) is 16.2. The number of nitrogens with zero attached hydrogens (tertiary/aromatic N) is 3. The Bertz CT molecular complexity index is 509. The SMILES string of the molecule is CC[C@@H](CN1CCC(n2cc(Br)cn2)CC1)C(=N)C(=O)O. The molecule has 2 heterocycles. The van der Waals surface area contributed by atoms with Crippen LogP contribution in [0.15, 0.2) is 16.9 Å². The highest BCUT2D eigenvalue weighted by Gasteiger charge is 2.26. The zero-order valence-electron chi connectivity index (χ0n) is 12.1. The van der Waals surface area contributed by atoms with Crippen LogP contribution in [0.5, 0.6) is 0 Å². The van der Waals surface area contributed by atoms with Crippen molar-refractivity contribution in [3.63, 3.8) is 0 Å². The van der Waals surface area contributed by atoms with Crippen LogP contribution in [0, 0.1) is 11.3 Å². The predicted octanol–water partition coefficient (Wildman–Crippen LogP) is 2.41. The second kappa shape index (κ2) is 7.17. The highest BCUT2D eigenvalue weighted by molar-refractivity contribution is 9.10. The molecule has 0 amide bonds. The highest BCUT2D eigenvalue weighted by Crippen LogP contribution is 2.24. The van der Waals surface area contributed by atoms with Crippen molar-refractivity contribution in [1.29, 1.82) is 5.41 Å². The van der Waals surface area contributed by atoms with Crippen LogP contribution in [0.4, 0.5) is 0 Å². The monoisotopic (exact) mass is 356 g/mol. The molecule has 0 unspecified atom stereocenters. The average Bonchev–Trinajstić information content (AvgIpc) is 2.91. The summed E-state index contributed by atoms with van der Waals surface area (Å²) in [5.41, 5.74) is -0.171. The summed E-state index contributed by atoms with van der Waals surface area (Å²) in [6.45, 7) is 4.45. The quantitative estimate of drug-likeness (QED) is 0.766. The molecule has 6 nitrogen and oxygen atoms in total. The molecule has 1 fully saturated rings. The van der Waals surface area contributed by atoms with Crippen molar-refractivity contribution >= 4 is 27.6 Å². The first-order chi connectivity index (χ1) is 10.0. The van der Waals surface area contributed by atoms with Crippen molar-refractivity contribution in [2.45, 2.75) is 32.2 Å². The van der Waals surface area contributed by atoms with Crippen molar-refractivity contribution in [3.05, 3.63) is 16.9 Å². The maximum Gasteiger partial charge on any atom is 0.349 e. The lowest BCUT2D eigenvalue weighted by atomic mass is 9.97. The van der Waals surface area contributed by atoms with E-state index in [4.69, 9.17) is 10.5 Å². The van der Waals surface area contributed by atoms with Crippen LogP contribution in [0.3, 0.4) is 0 Å².